The van der Waals surface area contributed by atoms with Gasteiger partial charge in [-0.25, -0.2) is 0 Å². The van der Waals surface area contributed by atoms with E-state index >= 15 is 0 Å². The minimum absolute atomic E-state index is 0.0219. The first-order valence-corrected chi connectivity index (χ1v) is 15.6. The molecule has 5 aliphatic rings. The zero-order chi connectivity index (χ0) is 27.2. The van der Waals surface area contributed by atoms with Gasteiger partial charge < -0.3 is 14.8 Å². The smallest absolute Gasteiger partial charge is 0.306 e. The van der Waals surface area contributed by atoms with Crippen LogP contribution in [0.15, 0.2) is 23.0 Å². The maximum atomic E-state index is 12.1. The molecular weight excluding hydrogens is 474 g/mol. The van der Waals surface area contributed by atoms with E-state index in [1.807, 2.05) is 6.92 Å². The third-order valence-corrected chi connectivity index (χ3v) is 11.6. The molecule has 0 aromatic rings. The first-order chi connectivity index (χ1) is 18.1. The van der Waals surface area contributed by atoms with Crippen molar-refractivity contribution in [1.82, 2.24) is 5.32 Å². The molecule has 3 fully saturated rings. The van der Waals surface area contributed by atoms with E-state index in [2.05, 4.69) is 39.1 Å². The number of ether oxygens (including phenoxy) is 2. The summed E-state index contributed by atoms with van der Waals surface area (Å²) in [6.07, 6.45) is 14.5. The molecule has 0 unspecified atom stereocenters. The van der Waals surface area contributed by atoms with Crippen LogP contribution in [-0.4, -0.2) is 30.6 Å². The SMILES string of the molecule is CCCC(=O)O[C@@H]1CC[C@@]2(C)C(=CC[C@@H]3[C@@H]4C[C@@H]5OC(CC[C@H](C)CNC(C)=O)=C(C)[C@@H]5[C@@]4(C)CC[C@@H]32)C1. The Hall–Kier alpha value is -1.78. The Morgan fingerprint density at radius 1 is 1.21 bits per heavy atom. The standard InChI is InChI=1S/C33H51NO4/c1-7-8-30(36)37-24-13-15-32(5)23(17-24)10-11-25-26(32)14-16-33(6)27(25)18-29-31(33)21(3)28(38-29)12-9-20(2)19-34-22(4)35/h10,20,24-27,29,31H,7-9,11-19H2,1-6H3,(H,34,35)/t20-,24+,25-,26-,27-,29-,31-,32-,33-/m0/s1. The van der Waals surface area contributed by atoms with Gasteiger partial charge in [0, 0.05) is 38.6 Å². The number of carbonyl (C=O) groups excluding carboxylic acids is 2. The molecule has 9 atom stereocenters. The number of carbonyl (C=O) groups is 2. The maximum Gasteiger partial charge on any atom is 0.306 e. The van der Waals surface area contributed by atoms with Gasteiger partial charge in [-0.15, -0.1) is 0 Å². The molecule has 5 nitrogen and oxygen atoms in total. The van der Waals surface area contributed by atoms with Gasteiger partial charge in [0.2, 0.25) is 5.91 Å². The monoisotopic (exact) mass is 525 g/mol. The summed E-state index contributed by atoms with van der Waals surface area (Å²) in [5.41, 5.74) is 3.67. The molecule has 38 heavy (non-hydrogen) atoms. The fourth-order valence-electron chi connectivity index (χ4n) is 9.56. The first kappa shape index (κ1) is 27.8. The van der Waals surface area contributed by atoms with Crippen LogP contribution in [0.5, 0.6) is 0 Å². The Morgan fingerprint density at radius 3 is 2.74 bits per heavy atom. The second-order valence-electron chi connectivity index (χ2n) is 14.0. The van der Waals surface area contributed by atoms with Crippen molar-refractivity contribution in [3.05, 3.63) is 23.0 Å². The summed E-state index contributed by atoms with van der Waals surface area (Å²) in [7, 11) is 0. The molecule has 0 aromatic heterocycles. The van der Waals surface area contributed by atoms with Gasteiger partial charge in [0.25, 0.3) is 0 Å². The molecule has 212 valence electrons. The summed E-state index contributed by atoms with van der Waals surface area (Å²) in [6, 6.07) is 0. The second-order valence-corrected chi connectivity index (χ2v) is 14.0. The zero-order valence-electron chi connectivity index (χ0n) is 24.7. The van der Waals surface area contributed by atoms with Gasteiger partial charge >= 0.3 is 5.97 Å². The van der Waals surface area contributed by atoms with Crippen molar-refractivity contribution in [3.8, 4) is 0 Å². The van der Waals surface area contributed by atoms with Gasteiger partial charge in [-0.2, -0.15) is 0 Å². The molecule has 1 aliphatic heterocycles. The minimum Gasteiger partial charge on any atom is -0.494 e. The number of hydrogen-bond donors (Lipinski definition) is 1. The van der Waals surface area contributed by atoms with Crippen LogP contribution in [0.4, 0.5) is 0 Å². The van der Waals surface area contributed by atoms with Crippen LogP contribution in [0.3, 0.4) is 0 Å². The number of amides is 1. The van der Waals surface area contributed by atoms with E-state index in [1.54, 1.807) is 12.5 Å². The summed E-state index contributed by atoms with van der Waals surface area (Å²) in [5, 5.41) is 2.96. The molecule has 5 rings (SSSR count). The summed E-state index contributed by atoms with van der Waals surface area (Å²) in [4.78, 5) is 23.4. The van der Waals surface area contributed by atoms with Crippen LogP contribution in [0.2, 0.25) is 0 Å². The van der Waals surface area contributed by atoms with E-state index < -0.39 is 0 Å². The molecule has 4 aliphatic carbocycles. The zero-order valence-corrected chi connectivity index (χ0v) is 24.7. The summed E-state index contributed by atoms with van der Waals surface area (Å²) in [5.74, 6) is 4.49. The normalized spacial score (nSPS) is 40.2. The fourth-order valence-corrected chi connectivity index (χ4v) is 9.56. The summed E-state index contributed by atoms with van der Waals surface area (Å²) >= 11 is 0. The highest BCUT2D eigenvalue weighted by atomic mass is 16.5. The molecule has 1 heterocycles. The van der Waals surface area contributed by atoms with Gasteiger partial charge in [-0.05, 0) is 98.4 Å². The summed E-state index contributed by atoms with van der Waals surface area (Å²) < 4.78 is 12.6. The van der Waals surface area contributed by atoms with Crippen molar-refractivity contribution in [2.24, 2.45) is 40.4 Å². The fraction of sp³-hybridized carbons (Fsp3) is 0.818. The minimum atomic E-state index is -0.0219. The van der Waals surface area contributed by atoms with Crippen LogP contribution in [-0.2, 0) is 19.1 Å². The highest BCUT2D eigenvalue weighted by Crippen LogP contribution is 2.69. The molecule has 0 bridgehead atoms. The molecule has 1 N–H and O–H groups in total. The lowest BCUT2D eigenvalue weighted by Crippen LogP contribution is -2.50. The van der Waals surface area contributed by atoms with E-state index in [1.165, 1.54) is 37.0 Å². The van der Waals surface area contributed by atoms with E-state index in [-0.39, 0.29) is 23.4 Å². The van der Waals surface area contributed by atoms with Crippen molar-refractivity contribution in [3.63, 3.8) is 0 Å². The molecule has 0 spiro atoms. The lowest BCUT2D eigenvalue weighted by Gasteiger charge is -2.58. The lowest BCUT2D eigenvalue weighted by atomic mass is 9.47. The van der Waals surface area contributed by atoms with Crippen LogP contribution >= 0.6 is 0 Å². The van der Waals surface area contributed by atoms with Crippen LogP contribution in [0.1, 0.15) is 112 Å². The van der Waals surface area contributed by atoms with E-state index in [9.17, 15) is 9.59 Å². The van der Waals surface area contributed by atoms with E-state index in [0.717, 1.165) is 62.8 Å². The Balaban J connectivity index is 1.26. The maximum absolute atomic E-state index is 12.1. The third-order valence-electron chi connectivity index (χ3n) is 11.6. The average molecular weight is 526 g/mol. The average Bonchev–Trinajstić information content (AvgIpc) is 3.34. The lowest BCUT2D eigenvalue weighted by molar-refractivity contribution is -0.151. The van der Waals surface area contributed by atoms with Crippen LogP contribution in [0, 0.1) is 40.4 Å². The Bertz CT molecular complexity index is 999. The predicted molar refractivity (Wildman–Crippen MR) is 150 cm³/mol. The largest absolute Gasteiger partial charge is 0.494 e. The van der Waals surface area contributed by atoms with Crippen molar-refractivity contribution in [2.45, 2.75) is 124 Å². The predicted octanol–water partition coefficient (Wildman–Crippen LogP) is 7.11. The van der Waals surface area contributed by atoms with Crippen molar-refractivity contribution < 1.29 is 19.1 Å². The van der Waals surface area contributed by atoms with Gasteiger partial charge in [0.1, 0.15) is 12.2 Å². The van der Waals surface area contributed by atoms with Gasteiger partial charge in [0.15, 0.2) is 0 Å². The van der Waals surface area contributed by atoms with E-state index in [4.69, 9.17) is 9.47 Å². The molecular formula is C33H51NO4. The van der Waals surface area contributed by atoms with Crippen LogP contribution < -0.4 is 5.32 Å². The highest BCUT2D eigenvalue weighted by molar-refractivity contribution is 5.72. The molecule has 0 radical (unpaired) electrons. The number of hydrogen-bond acceptors (Lipinski definition) is 4. The molecule has 5 heteroatoms. The Kier molecular flexibility index (Phi) is 7.79. The number of nitrogens with one attached hydrogen (secondary N) is 1. The first-order valence-electron chi connectivity index (χ1n) is 15.6. The Labute approximate surface area is 230 Å². The second kappa shape index (κ2) is 10.7. The number of allylic oxidation sites excluding steroid dienone is 2. The third kappa shape index (κ3) is 4.85. The quantitative estimate of drug-likeness (QED) is 0.271. The van der Waals surface area contributed by atoms with Gasteiger partial charge in [-0.3, -0.25) is 9.59 Å². The molecule has 0 saturated heterocycles. The van der Waals surface area contributed by atoms with Crippen molar-refractivity contribution >= 4 is 11.9 Å². The van der Waals surface area contributed by atoms with Crippen LogP contribution in [0.25, 0.3) is 0 Å². The highest BCUT2D eigenvalue weighted by Gasteiger charge is 2.63. The topological polar surface area (TPSA) is 64.6 Å². The Morgan fingerprint density at radius 2 is 2.00 bits per heavy atom. The van der Waals surface area contributed by atoms with Crippen molar-refractivity contribution in [2.75, 3.05) is 6.54 Å². The van der Waals surface area contributed by atoms with Gasteiger partial charge in [-0.1, -0.05) is 39.3 Å². The number of fused-ring (bicyclic) bond motifs is 7. The molecule has 3 saturated carbocycles. The van der Waals surface area contributed by atoms with Gasteiger partial charge in [0.05, 0.1) is 5.76 Å². The van der Waals surface area contributed by atoms with Crippen molar-refractivity contribution in [1.29, 1.82) is 0 Å². The molecule has 1 amide bonds. The number of esters is 1. The summed E-state index contributed by atoms with van der Waals surface area (Å²) in [6.45, 7) is 14.0. The van der Waals surface area contributed by atoms with E-state index in [0.29, 0.717) is 29.8 Å². The molecule has 0 aromatic carbocycles. The number of rotatable bonds is 8.